The molecule has 0 aromatic heterocycles. The van der Waals surface area contributed by atoms with Crippen molar-refractivity contribution < 1.29 is 9.53 Å². The second kappa shape index (κ2) is 8.08. The number of hydrogen-bond acceptors (Lipinski definition) is 3. The van der Waals surface area contributed by atoms with Crippen LogP contribution in [0.2, 0.25) is 0 Å². The summed E-state index contributed by atoms with van der Waals surface area (Å²) in [6, 6.07) is 17.4. The third kappa shape index (κ3) is 4.25. The molecular weight excluding hydrogens is 276 g/mol. The average Bonchev–Trinajstić information content (AvgIpc) is 2.56. The predicted molar refractivity (Wildman–Crippen MR) is 89.7 cm³/mol. The molecule has 0 saturated carbocycles. The molecule has 0 saturated heterocycles. The van der Waals surface area contributed by atoms with Crippen LogP contribution in [0, 0.1) is 0 Å². The molecule has 4 heteroatoms. The Morgan fingerprint density at radius 1 is 1.09 bits per heavy atom. The highest BCUT2D eigenvalue weighted by molar-refractivity contribution is 5.96. The molecule has 4 nitrogen and oxygen atoms in total. The first kappa shape index (κ1) is 15.9. The Balaban J connectivity index is 1.88. The van der Waals surface area contributed by atoms with Crippen molar-refractivity contribution in [3.8, 4) is 5.75 Å². The molecule has 0 spiro atoms. The quantitative estimate of drug-likeness (QED) is 0.854. The van der Waals surface area contributed by atoms with Gasteiger partial charge in [-0.3, -0.25) is 4.79 Å². The molecule has 0 unspecified atom stereocenters. The van der Waals surface area contributed by atoms with Crippen molar-refractivity contribution in [1.29, 1.82) is 0 Å². The van der Waals surface area contributed by atoms with E-state index in [1.54, 1.807) is 6.07 Å². The molecule has 0 radical (unpaired) electrons. The highest BCUT2D eigenvalue weighted by Crippen LogP contribution is 2.17. The van der Waals surface area contributed by atoms with Gasteiger partial charge in [0.2, 0.25) is 0 Å². The van der Waals surface area contributed by atoms with E-state index >= 15 is 0 Å². The maximum absolute atomic E-state index is 12.2. The van der Waals surface area contributed by atoms with Gasteiger partial charge in [-0.15, -0.1) is 0 Å². The Labute approximate surface area is 131 Å². The van der Waals surface area contributed by atoms with Crippen LogP contribution in [0.15, 0.2) is 54.6 Å². The number of anilines is 1. The van der Waals surface area contributed by atoms with E-state index in [2.05, 4.69) is 10.2 Å². The molecule has 1 amide bonds. The van der Waals surface area contributed by atoms with Crippen LogP contribution in [0.1, 0.15) is 17.3 Å². The van der Waals surface area contributed by atoms with E-state index in [1.165, 1.54) is 0 Å². The fourth-order valence-corrected chi connectivity index (χ4v) is 2.18. The predicted octanol–water partition coefficient (Wildman–Crippen LogP) is 2.95. The van der Waals surface area contributed by atoms with Gasteiger partial charge in [0.05, 0.1) is 12.2 Å². The molecule has 0 bridgehead atoms. The van der Waals surface area contributed by atoms with Gasteiger partial charge in [-0.2, -0.15) is 0 Å². The van der Waals surface area contributed by atoms with Gasteiger partial charge in [0.15, 0.2) is 0 Å². The molecule has 116 valence electrons. The fourth-order valence-electron chi connectivity index (χ4n) is 2.18. The zero-order valence-electron chi connectivity index (χ0n) is 13.1. The van der Waals surface area contributed by atoms with Crippen LogP contribution >= 0.6 is 0 Å². The van der Waals surface area contributed by atoms with Gasteiger partial charge in [-0.05, 0) is 31.2 Å². The zero-order chi connectivity index (χ0) is 15.8. The number of amides is 1. The van der Waals surface area contributed by atoms with Gasteiger partial charge < -0.3 is 15.0 Å². The number of carbonyl (C=O) groups excluding carboxylic acids is 1. The van der Waals surface area contributed by atoms with E-state index in [1.807, 2.05) is 62.5 Å². The number of rotatable bonds is 7. The SMILES string of the molecule is CCOc1ccccc1C(=O)NCCN(C)c1ccccc1. The van der Waals surface area contributed by atoms with Crippen molar-refractivity contribution in [1.82, 2.24) is 5.32 Å². The Bertz CT molecular complexity index is 599. The second-order valence-corrected chi connectivity index (χ2v) is 4.94. The van der Waals surface area contributed by atoms with Gasteiger partial charge >= 0.3 is 0 Å². The third-order valence-electron chi connectivity index (χ3n) is 3.36. The number of carbonyl (C=O) groups is 1. The summed E-state index contributed by atoms with van der Waals surface area (Å²) in [6.07, 6.45) is 0. The smallest absolute Gasteiger partial charge is 0.255 e. The molecule has 22 heavy (non-hydrogen) atoms. The van der Waals surface area contributed by atoms with Crippen molar-refractivity contribution in [2.75, 3.05) is 31.6 Å². The van der Waals surface area contributed by atoms with Crippen LogP contribution in [0.3, 0.4) is 0 Å². The molecule has 0 aliphatic heterocycles. The van der Waals surface area contributed by atoms with Crippen molar-refractivity contribution in [2.24, 2.45) is 0 Å². The lowest BCUT2D eigenvalue weighted by Crippen LogP contribution is -2.33. The minimum Gasteiger partial charge on any atom is -0.493 e. The summed E-state index contributed by atoms with van der Waals surface area (Å²) in [4.78, 5) is 14.4. The highest BCUT2D eigenvalue weighted by atomic mass is 16.5. The first-order valence-electron chi connectivity index (χ1n) is 7.48. The largest absolute Gasteiger partial charge is 0.493 e. The van der Waals surface area contributed by atoms with Crippen molar-refractivity contribution in [2.45, 2.75) is 6.92 Å². The Morgan fingerprint density at radius 2 is 1.77 bits per heavy atom. The van der Waals surface area contributed by atoms with Crippen LogP contribution in [0.25, 0.3) is 0 Å². The molecule has 0 atom stereocenters. The molecule has 0 fully saturated rings. The summed E-state index contributed by atoms with van der Waals surface area (Å²) in [7, 11) is 2.01. The van der Waals surface area contributed by atoms with E-state index in [4.69, 9.17) is 4.74 Å². The zero-order valence-corrected chi connectivity index (χ0v) is 13.1. The lowest BCUT2D eigenvalue weighted by atomic mass is 10.2. The highest BCUT2D eigenvalue weighted by Gasteiger charge is 2.11. The number of nitrogens with zero attached hydrogens (tertiary/aromatic N) is 1. The van der Waals surface area contributed by atoms with Gasteiger partial charge in [0.25, 0.3) is 5.91 Å². The number of para-hydroxylation sites is 2. The summed E-state index contributed by atoms with van der Waals surface area (Å²) in [5.41, 5.74) is 1.71. The number of benzene rings is 2. The van der Waals surface area contributed by atoms with E-state index in [0.717, 1.165) is 12.2 Å². The van der Waals surface area contributed by atoms with E-state index in [-0.39, 0.29) is 5.91 Å². The van der Waals surface area contributed by atoms with E-state index in [9.17, 15) is 4.79 Å². The second-order valence-electron chi connectivity index (χ2n) is 4.94. The maximum Gasteiger partial charge on any atom is 0.255 e. The molecular formula is C18H22N2O2. The molecule has 0 aliphatic rings. The first-order valence-corrected chi connectivity index (χ1v) is 7.48. The van der Waals surface area contributed by atoms with Crippen molar-refractivity contribution >= 4 is 11.6 Å². The van der Waals surface area contributed by atoms with Crippen LogP contribution in [-0.4, -0.2) is 32.7 Å². The van der Waals surface area contributed by atoms with E-state index < -0.39 is 0 Å². The normalized spacial score (nSPS) is 10.1. The molecule has 2 aromatic carbocycles. The summed E-state index contributed by atoms with van der Waals surface area (Å²) < 4.78 is 5.48. The molecule has 0 heterocycles. The van der Waals surface area contributed by atoms with Crippen LogP contribution in [-0.2, 0) is 0 Å². The monoisotopic (exact) mass is 298 g/mol. The molecule has 0 aliphatic carbocycles. The average molecular weight is 298 g/mol. The first-order chi connectivity index (χ1) is 10.7. The van der Waals surface area contributed by atoms with Crippen molar-refractivity contribution in [3.05, 3.63) is 60.2 Å². The Morgan fingerprint density at radius 3 is 2.50 bits per heavy atom. The lowest BCUT2D eigenvalue weighted by Gasteiger charge is -2.19. The number of hydrogen-bond donors (Lipinski definition) is 1. The molecule has 1 N–H and O–H groups in total. The maximum atomic E-state index is 12.2. The fraction of sp³-hybridized carbons (Fsp3) is 0.278. The van der Waals surface area contributed by atoms with Gasteiger partial charge in [-0.1, -0.05) is 30.3 Å². The van der Waals surface area contributed by atoms with Crippen LogP contribution < -0.4 is 15.0 Å². The number of nitrogens with one attached hydrogen (secondary N) is 1. The van der Waals surface area contributed by atoms with Crippen LogP contribution in [0.5, 0.6) is 5.75 Å². The van der Waals surface area contributed by atoms with Gasteiger partial charge in [-0.25, -0.2) is 0 Å². The van der Waals surface area contributed by atoms with Crippen molar-refractivity contribution in [3.63, 3.8) is 0 Å². The molecule has 2 rings (SSSR count). The summed E-state index contributed by atoms with van der Waals surface area (Å²) in [5, 5.41) is 2.94. The topological polar surface area (TPSA) is 41.6 Å². The Kier molecular flexibility index (Phi) is 5.83. The number of likely N-dealkylation sites (N-methyl/N-ethyl adjacent to an activating group) is 1. The standard InChI is InChI=1S/C18H22N2O2/c1-3-22-17-12-8-7-11-16(17)18(21)19-13-14-20(2)15-9-5-4-6-10-15/h4-12H,3,13-14H2,1-2H3,(H,19,21). The van der Waals surface area contributed by atoms with Gasteiger partial charge in [0, 0.05) is 25.8 Å². The minimum atomic E-state index is -0.106. The molecule has 2 aromatic rings. The summed E-state index contributed by atoms with van der Waals surface area (Å²) >= 11 is 0. The summed E-state index contributed by atoms with van der Waals surface area (Å²) in [6.45, 7) is 3.77. The minimum absolute atomic E-state index is 0.106. The third-order valence-corrected chi connectivity index (χ3v) is 3.36. The summed E-state index contributed by atoms with van der Waals surface area (Å²) in [5.74, 6) is 0.518. The van der Waals surface area contributed by atoms with Gasteiger partial charge in [0.1, 0.15) is 5.75 Å². The van der Waals surface area contributed by atoms with E-state index in [0.29, 0.717) is 24.5 Å². The van der Waals surface area contributed by atoms with Crippen LogP contribution in [0.4, 0.5) is 5.69 Å². The number of ether oxygens (including phenoxy) is 1. The lowest BCUT2D eigenvalue weighted by molar-refractivity contribution is 0.0951. The Hall–Kier alpha value is -2.49.